The summed E-state index contributed by atoms with van der Waals surface area (Å²) in [7, 11) is 1.43. The summed E-state index contributed by atoms with van der Waals surface area (Å²) in [5, 5.41) is 2.77. The summed E-state index contributed by atoms with van der Waals surface area (Å²) < 4.78 is 24.9. The minimum Gasteiger partial charge on any atom is -0.451 e. The van der Waals surface area contributed by atoms with Gasteiger partial charge in [0.25, 0.3) is 11.8 Å². The molecule has 1 aromatic heterocycles. The molecule has 0 bridgehead atoms. The van der Waals surface area contributed by atoms with Crippen molar-refractivity contribution in [2.45, 2.75) is 6.61 Å². The quantitative estimate of drug-likeness (QED) is 0.576. The number of esters is 1. The van der Waals surface area contributed by atoms with Crippen molar-refractivity contribution < 1.29 is 28.2 Å². The highest BCUT2D eigenvalue weighted by Crippen LogP contribution is 2.34. The molecule has 3 rings (SSSR count). The molecule has 0 atom stereocenters. The number of halogens is 1. The van der Waals surface area contributed by atoms with Crippen LogP contribution in [0.3, 0.4) is 0 Å². The Morgan fingerprint density at radius 3 is 2.62 bits per heavy atom. The van der Waals surface area contributed by atoms with Gasteiger partial charge in [0.15, 0.2) is 6.61 Å². The maximum atomic E-state index is 14.2. The van der Waals surface area contributed by atoms with Crippen molar-refractivity contribution in [3.63, 3.8) is 0 Å². The Morgan fingerprint density at radius 1 is 1.14 bits per heavy atom. The molecule has 0 saturated heterocycles. The van der Waals surface area contributed by atoms with E-state index in [0.29, 0.717) is 15.6 Å². The first-order chi connectivity index (χ1) is 13.9. The van der Waals surface area contributed by atoms with Crippen LogP contribution in [0.1, 0.15) is 25.6 Å². The fourth-order valence-corrected chi connectivity index (χ4v) is 3.92. The summed E-state index contributed by atoms with van der Waals surface area (Å²) in [6.07, 6.45) is 0. The Hall–Kier alpha value is -3.30. The average molecular weight is 416 g/mol. The number of hydrogen-bond acceptors (Lipinski definition) is 6. The highest BCUT2D eigenvalue weighted by Gasteiger charge is 2.22. The predicted molar refractivity (Wildman–Crippen MR) is 106 cm³/mol. The van der Waals surface area contributed by atoms with E-state index in [-0.39, 0.29) is 22.7 Å². The van der Waals surface area contributed by atoms with Crippen molar-refractivity contribution in [2.75, 3.05) is 19.0 Å². The van der Waals surface area contributed by atoms with Crippen LogP contribution in [0.15, 0.2) is 42.5 Å². The lowest BCUT2D eigenvalue weighted by Gasteiger charge is -2.09. The molecule has 2 aromatic carbocycles. The minimum atomic E-state index is -0.768. The molecule has 3 N–H and O–H groups in total. The first-order valence-corrected chi connectivity index (χ1v) is 9.28. The second kappa shape index (κ2) is 8.80. The fourth-order valence-electron chi connectivity index (χ4n) is 2.80. The number of hydrogen-bond donors (Lipinski definition) is 2. The van der Waals surface area contributed by atoms with Crippen LogP contribution >= 0.6 is 11.3 Å². The largest absolute Gasteiger partial charge is 0.451 e. The van der Waals surface area contributed by atoms with E-state index in [1.807, 2.05) is 0 Å². The summed E-state index contributed by atoms with van der Waals surface area (Å²) >= 11 is 1.06. The van der Waals surface area contributed by atoms with Gasteiger partial charge in [-0.3, -0.25) is 9.59 Å². The van der Waals surface area contributed by atoms with Gasteiger partial charge < -0.3 is 20.5 Å². The van der Waals surface area contributed by atoms with Crippen LogP contribution in [-0.4, -0.2) is 31.5 Å². The molecule has 1 heterocycles. The molecule has 0 saturated carbocycles. The van der Waals surface area contributed by atoms with E-state index in [1.165, 1.54) is 25.3 Å². The zero-order valence-electron chi connectivity index (χ0n) is 15.4. The minimum absolute atomic E-state index is 0.0174. The lowest BCUT2D eigenvalue weighted by Crippen LogP contribution is -2.23. The molecule has 0 radical (unpaired) electrons. The maximum absolute atomic E-state index is 14.2. The summed E-state index contributed by atoms with van der Waals surface area (Å²) in [4.78, 5) is 36.2. The van der Waals surface area contributed by atoms with Crippen molar-refractivity contribution in [2.24, 2.45) is 5.73 Å². The van der Waals surface area contributed by atoms with Gasteiger partial charge in [-0.2, -0.15) is 0 Å². The molecule has 0 aliphatic heterocycles. The van der Waals surface area contributed by atoms with E-state index >= 15 is 0 Å². The molecule has 0 unspecified atom stereocenters. The van der Waals surface area contributed by atoms with Gasteiger partial charge in [-0.05, 0) is 24.3 Å². The molecule has 0 spiro atoms. The van der Waals surface area contributed by atoms with Crippen LogP contribution in [0.4, 0.5) is 10.1 Å². The van der Waals surface area contributed by atoms with Crippen molar-refractivity contribution in [3.05, 3.63) is 64.3 Å². The van der Waals surface area contributed by atoms with Gasteiger partial charge in [0.05, 0.1) is 17.9 Å². The summed E-state index contributed by atoms with van der Waals surface area (Å²) in [5.41, 5.74) is 5.98. The molecular formula is C20H17FN2O5S. The number of rotatable bonds is 7. The standard InChI is InChI=1S/C20H17FN2O5S/c1-27-9-12-17-13(21)6-4-8-15(17)29-18(12)20(26)28-10-16(24)23-14-7-3-2-5-11(14)19(22)25/h2-8H,9-10H2,1H3,(H2,22,25)(H,23,24). The number of carbonyl (C=O) groups excluding carboxylic acids is 3. The Morgan fingerprint density at radius 2 is 1.90 bits per heavy atom. The number of anilines is 1. The van der Waals surface area contributed by atoms with Crippen LogP contribution in [0.5, 0.6) is 0 Å². The van der Waals surface area contributed by atoms with Gasteiger partial charge >= 0.3 is 5.97 Å². The highest BCUT2D eigenvalue weighted by molar-refractivity contribution is 7.21. The second-order valence-electron chi connectivity index (χ2n) is 5.99. The van der Waals surface area contributed by atoms with E-state index < -0.39 is 30.2 Å². The van der Waals surface area contributed by atoms with Crippen molar-refractivity contribution in [1.82, 2.24) is 0 Å². The number of nitrogens with one attached hydrogen (secondary N) is 1. The fraction of sp³-hybridized carbons (Fsp3) is 0.150. The second-order valence-corrected chi connectivity index (χ2v) is 7.04. The number of methoxy groups -OCH3 is 1. The van der Waals surface area contributed by atoms with Crippen LogP contribution in [0.25, 0.3) is 10.1 Å². The predicted octanol–water partition coefficient (Wildman–Crippen LogP) is 3.08. The van der Waals surface area contributed by atoms with Gasteiger partial charge in [0.1, 0.15) is 10.7 Å². The average Bonchev–Trinajstić information content (AvgIpc) is 3.06. The summed E-state index contributed by atoms with van der Waals surface area (Å²) in [6, 6.07) is 10.7. The van der Waals surface area contributed by atoms with Crippen molar-refractivity contribution >= 4 is 44.9 Å². The highest BCUT2D eigenvalue weighted by atomic mass is 32.1. The molecule has 0 aliphatic rings. The molecule has 150 valence electrons. The first kappa shape index (κ1) is 20.4. The maximum Gasteiger partial charge on any atom is 0.349 e. The number of amides is 2. The molecule has 0 fully saturated rings. The van der Waals surface area contributed by atoms with Gasteiger partial charge in [-0.1, -0.05) is 18.2 Å². The number of nitrogens with two attached hydrogens (primary N) is 1. The van der Waals surface area contributed by atoms with Gasteiger partial charge in [-0.15, -0.1) is 11.3 Å². The third-order valence-corrected chi connectivity index (χ3v) is 5.22. The lowest BCUT2D eigenvalue weighted by molar-refractivity contribution is -0.119. The number of primary amides is 1. The molecule has 9 heteroatoms. The smallest absolute Gasteiger partial charge is 0.349 e. The third kappa shape index (κ3) is 4.41. The van der Waals surface area contributed by atoms with E-state index in [9.17, 15) is 18.8 Å². The molecule has 0 aliphatic carbocycles. The number of thiophene rings is 1. The van der Waals surface area contributed by atoms with E-state index in [0.717, 1.165) is 11.3 Å². The van der Waals surface area contributed by atoms with Gasteiger partial charge in [0, 0.05) is 22.8 Å². The zero-order chi connectivity index (χ0) is 21.0. The number of ether oxygens (including phenoxy) is 2. The topological polar surface area (TPSA) is 108 Å². The SMILES string of the molecule is COCc1c(C(=O)OCC(=O)Nc2ccccc2C(N)=O)sc2cccc(F)c12. The Labute approximate surface area is 169 Å². The Bertz CT molecular complexity index is 1100. The molecule has 3 aromatic rings. The Kier molecular flexibility index (Phi) is 6.20. The third-order valence-electron chi connectivity index (χ3n) is 4.04. The lowest BCUT2D eigenvalue weighted by atomic mass is 10.1. The van der Waals surface area contributed by atoms with Gasteiger partial charge in [0.2, 0.25) is 0 Å². The Balaban J connectivity index is 1.74. The normalized spacial score (nSPS) is 10.7. The zero-order valence-corrected chi connectivity index (χ0v) is 16.2. The van der Waals surface area contributed by atoms with Crippen LogP contribution in [0.2, 0.25) is 0 Å². The molecule has 2 amide bonds. The van der Waals surface area contributed by atoms with Crippen molar-refractivity contribution in [3.8, 4) is 0 Å². The molecular weight excluding hydrogens is 399 g/mol. The monoisotopic (exact) mass is 416 g/mol. The first-order valence-electron chi connectivity index (χ1n) is 8.47. The van der Waals surface area contributed by atoms with E-state index in [1.54, 1.807) is 24.3 Å². The molecule has 29 heavy (non-hydrogen) atoms. The van der Waals surface area contributed by atoms with E-state index in [4.69, 9.17) is 15.2 Å². The number of para-hydroxylation sites is 1. The molecule has 7 nitrogen and oxygen atoms in total. The van der Waals surface area contributed by atoms with Crippen molar-refractivity contribution in [1.29, 1.82) is 0 Å². The van der Waals surface area contributed by atoms with E-state index in [2.05, 4.69) is 5.32 Å². The number of carbonyl (C=O) groups is 3. The number of fused-ring (bicyclic) bond motifs is 1. The summed E-state index contributed by atoms with van der Waals surface area (Å²) in [5.74, 6) is -2.58. The van der Waals surface area contributed by atoms with Crippen LogP contribution in [0, 0.1) is 5.82 Å². The van der Waals surface area contributed by atoms with Crippen LogP contribution in [-0.2, 0) is 20.9 Å². The summed E-state index contributed by atoms with van der Waals surface area (Å²) in [6.45, 7) is -0.571. The number of benzene rings is 2. The van der Waals surface area contributed by atoms with Crippen LogP contribution < -0.4 is 11.1 Å². The van der Waals surface area contributed by atoms with Gasteiger partial charge in [-0.25, -0.2) is 9.18 Å².